The van der Waals surface area contributed by atoms with Crippen LogP contribution in [-0.4, -0.2) is 31.6 Å². The van der Waals surface area contributed by atoms with E-state index in [4.69, 9.17) is 16.3 Å². The maximum atomic E-state index is 12.3. The largest absolute Gasteiger partial charge is 0.493 e. The van der Waals surface area contributed by atoms with Gasteiger partial charge in [-0.15, -0.1) is 0 Å². The molecule has 26 heavy (non-hydrogen) atoms. The molecule has 0 aliphatic rings. The number of likely N-dealkylation sites (N-methyl/N-ethyl adjacent to an activating group) is 1. The molecule has 7 heteroatoms. The van der Waals surface area contributed by atoms with Crippen LogP contribution in [0, 0.1) is 0 Å². The molecule has 2 rings (SSSR count). The van der Waals surface area contributed by atoms with Crippen molar-refractivity contribution in [3.63, 3.8) is 0 Å². The molecule has 0 N–H and O–H groups in total. The number of ether oxygens (including phenoxy) is 2. The minimum atomic E-state index is -2.94. The molecule has 0 saturated heterocycles. The third-order valence-corrected chi connectivity index (χ3v) is 3.74. The molecule has 0 atom stereocenters. The number of carbonyl (C=O) groups is 1. The smallest absolute Gasteiger partial charge is 0.387 e. The Labute approximate surface area is 155 Å². The average molecular weight is 382 g/mol. The zero-order valence-electron chi connectivity index (χ0n) is 14.3. The Hall–Kier alpha value is -2.60. The number of alkyl halides is 2. The van der Waals surface area contributed by atoms with Crippen LogP contribution < -0.4 is 9.47 Å². The average Bonchev–Trinajstić information content (AvgIpc) is 2.60. The lowest BCUT2D eigenvalue weighted by Crippen LogP contribution is -2.24. The summed E-state index contributed by atoms with van der Waals surface area (Å²) in [5.74, 6) is -0.118. The van der Waals surface area contributed by atoms with Crippen molar-refractivity contribution in [3.8, 4) is 11.5 Å². The van der Waals surface area contributed by atoms with Crippen molar-refractivity contribution in [2.75, 3.05) is 14.2 Å². The summed E-state index contributed by atoms with van der Waals surface area (Å²) < 4.78 is 34.1. The van der Waals surface area contributed by atoms with E-state index >= 15 is 0 Å². The second-order valence-electron chi connectivity index (χ2n) is 5.45. The zero-order valence-corrected chi connectivity index (χ0v) is 15.0. The van der Waals surface area contributed by atoms with Gasteiger partial charge >= 0.3 is 6.61 Å². The van der Waals surface area contributed by atoms with Crippen molar-refractivity contribution in [3.05, 3.63) is 64.7 Å². The van der Waals surface area contributed by atoms with E-state index in [0.29, 0.717) is 17.1 Å². The third kappa shape index (κ3) is 5.74. The van der Waals surface area contributed by atoms with Crippen LogP contribution in [0.2, 0.25) is 5.02 Å². The third-order valence-electron chi connectivity index (χ3n) is 3.51. The SMILES string of the molecule is COc1cc(/C=C/C(=O)N(C)Cc2cccc(Cl)c2)ccc1OC(F)F. The van der Waals surface area contributed by atoms with Crippen LogP contribution in [0.5, 0.6) is 11.5 Å². The molecule has 4 nitrogen and oxygen atoms in total. The first-order chi connectivity index (χ1) is 12.4. The van der Waals surface area contributed by atoms with Crippen molar-refractivity contribution in [2.24, 2.45) is 0 Å². The van der Waals surface area contributed by atoms with Crippen molar-refractivity contribution in [2.45, 2.75) is 13.2 Å². The van der Waals surface area contributed by atoms with Gasteiger partial charge in [0.05, 0.1) is 7.11 Å². The molecule has 0 fully saturated rings. The Morgan fingerprint density at radius 3 is 2.65 bits per heavy atom. The highest BCUT2D eigenvalue weighted by Crippen LogP contribution is 2.29. The Kier molecular flexibility index (Phi) is 6.97. The molecule has 138 valence electrons. The molecule has 0 aliphatic carbocycles. The van der Waals surface area contributed by atoms with Crippen molar-refractivity contribution >= 4 is 23.6 Å². The molecule has 1 amide bonds. The topological polar surface area (TPSA) is 38.8 Å². The summed E-state index contributed by atoms with van der Waals surface area (Å²) >= 11 is 5.94. The van der Waals surface area contributed by atoms with Crippen LogP contribution in [0.1, 0.15) is 11.1 Å². The molecule has 0 heterocycles. The van der Waals surface area contributed by atoms with E-state index in [-0.39, 0.29) is 17.4 Å². The standard InChI is InChI=1S/C19H18ClF2NO3/c1-23(12-14-4-3-5-15(20)10-14)18(24)9-7-13-6-8-16(26-19(21)22)17(11-13)25-2/h3-11,19H,12H2,1-2H3/b9-7+. The second kappa shape index (κ2) is 9.20. The van der Waals surface area contributed by atoms with Gasteiger partial charge in [-0.05, 0) is 41.5 Å². The molecular weight excluding hydrogens is 364 g/mol. The fraction of sp³-hybridized carbons (Fsp3) is 0.211. The summed E-state index contributed by atoms with van der Waals surface area (Å²) in [7, 11) is 3.03. The van der Waals surface area contributed by atoms with Crippen molar-refractivity contribution in [1.29, 1.82) is 0 Å². The summed E-state index contributed by atoms with van der Waals surface area (Å²) in [4.78, 5) is 13.8. The van der Waals surface area contributed by atoms with Gasteiger partial charge in [-0.3, -0.25) is 4.79 Å². The van der Waals surface area contributed by atoms with Crippen LogP contribution in [0.3, 0.4) is 0 Å². The number of rotatable bonds is 7. The number of halogens is 3. The van der Waals surface area contributed by atoms with Gasteiger partial charge in [0.2, 0.25) is 5.91 Å². The van der Waals surface area contributed by atoms with Gasteiger partial charge in [-0.2, -0.15) is 8.78 Å². The summed E-state index contributed by atoms with van der Waals surface area (Å²) in [6.45, 7) is -2.53. The first kappa shape index (κ1) is 19.7. The number of hydrogen-bond acceptors (Lipinski definition) is 3. The lowest BCUT2D eigenvalue weighted by atomic mass is 10.1. The zero-order chi connectivity index (χ0) is 19.1. The minimum Gasteiger partial charge on any atom is -0.493 e. The summed E-state index contributed by atoms with van der Waals surface area (Å²) in [6, 6.07) is 11.7. The highest BCUT2D eigenvalue weighted by Gasteiger charge is 2.11. The minimum absolute atomic E-state index is 0.0657. The van der Waals surface area contributed by atoms with E-state index in [0.717, 1.165) is 5.56 Å². The van der Waals surface area contributed by atoms with E-state index < -0.39 is 6.61 Å². The van der Waals surface area contributed by atoms with Gasteiger partial charge in [-0.1, -0.05) is 29.8 Å². The molecule has 0 aromatic heterocycles. The second-order valence-corrected chi connectivity index (χ2v) is 5.88. The number of benzene rings is 2. The predicted molar refractivity (Wildman–Crippen MR) is 96.6 cm³/mol. The van der Waals surface area contributed by atoms with E-state index in [1.54, 1.807) is 31.3 Å². The van der Waals surface area contributed by atoms with Gasteiger partial charge < -0.3 is 14.4 Å². The van der Waals surface area contributed by atoms with E-state index in [9.17, 15) is 13.6 Å². The van der Waals surface area contributed by atoms with Gasteiger partial charge in [0.1, 0.15) is 0 Å². The maximum absolute atomic E-state index is 12.3. The maximum Gasteiger partial charge on any atom is 0.387 e. The summed E-state index contributed by atoms with van der Waals surface area (Å²) in [6.07, 6.45) is 2.97. The lowest BCUT2D eigenvalue weighted by Gasteiger charge is -2.15. The molecule has 0 bridgehead atoms. The normalized spacial score (nSPS) is 11.0. The molecule has 0 unspecified atom stereocenters. The van der Waals surface area contributed by atoms with Gasteiger partial charge in [0, 0.05) is 24.7 Å². The molecular formula is C19H18ClF2NO3. The van der Waals surface area contributed by atoms with Crippen LogP contribution in [-0.2, 0) is 11.3 Å². The summed E-state index contributed by atoms with van der Waals surface area (Å²) in [5.41, 5.74) is 1.53. The van der Waals surface area contributed by atoms with Crippen molar-refractivity contribution in [1.82, 2.24) is 4.90 Å². The molecule has 0 aliphatic heterocycles. The first-order valence-electron chi connectivity index (χ1n) is 7.69. The molecule has 0 spiro atoms. The highest BCUT2D eigenvalue weighted by molar-refractivity contribution is 6.30. The quantitative estimate of drug-likeness (QED) is 0.657. The Balaban J connectivity index is 2.04. The predicted octanol–water partition coefficient (Wildman–Crippen LogP) is 4.62. The van der Waals surface area contributed by atoms with Gasteiger partial charge in [0.15, 0.2) is 11.5 Å². The van der Waals surface area contributed by atoms with Crippen LogP contribution in [0.15, 0.2) is 48.5 Å². The number of methoxy groups -OCH3 is 1. The molecule has 2 aromatic rings. The fourth-order valence-corrected chi connectivity index (χ4v) is 2.48. The molecule has 0 saturated carbocycles. The monoisotopic (exact) mass is 381 g/mol. The van der Waals surface area contributed by atoms with Crippen LogP contribution >= 0.6 is 11.6 Å². The number of carbonyl (C=O) groups excluding carboxylic acids is 1. The van der Waals surface area contributed by atoms with Gasteiger partial charge in [0.25, 0.3) is 0 Å². The number of hydrogen-bond donors (Lipinski definition) is 0. The van der Waals surface area contributed by atoms with Crippen molar-refractivity contribution < 1.29 is 23.0 Å². The molecule has 2 aromatic carbocycles. The van der Waals surface area contributed by atoms with Gasteiger partial charge in [-0.25, -0.2) is 0 Å². The number of amides is 1. The first-order valence-corrected chi connectivity index (χ1v) is 8.07. The Morgan fingerprint density at radius 2 is 2.00 bits per heavy atom. The fourth-order valence-electron chi connectivity index (χ4n) is 2.26. The Morgan fingerprint density at radius 1 is 1.23 bits per heavy atom. The van der Waals surface area contributed by atoms with E-state index in [1.165, 1.54) is 30.2 Å². The van der Waals surface area contributed by atoms with E-state index in [2.05, 4.69) is 4.74 Å². The Bertz CT molecular complexity index is 796. The van der Waals surface area contributed by atoms with E-state index in [1.807, 2.05) is 12.1 Å². The summed E-state index contributed by atoms with van der Waals surface area (Å²) in [5, 5.41) is 0.608. The van der Waals surface area contributed by atoms with Crippen LogP contribution in [0.4, 0.5) is 8.78 Å². The molecule has 0 radical (unpaired) electrons. The van der Waals surface area contributed by atoms with Crippen LogP contribution in [0.25, 0.3) is 6.08 Å². The number of nitrogens with zero attached hydrogens (tertiary/aromatic N) is 1. The highest BCUT2D eigenvalue weighted by atomic mass is 35.5. The lowest BCUT2D eigenvalue weighted by molar-refractivity contribution is -0.125.